The van der Waals surface area contributed by atoms with Gasteiger partial charge in [0.25, 0.3) is 5.91 Å². The Bertz CT molecular complexity index is 1660. The third-order valence-corrected chi connectivity index (χ3v) is 8.00. The number of anilines is 2. The number of fused-ring (bicyclic) bond motifs is 2. The van der Waals surface area contributed by atoms with E-state index in [0.717, 1.165) is 43.3 Å². The van der Waals surface area contributed by atoms with Crippen LogP contribution in [0.5, 0.6) is 0 Å². The highest BCUT2D eigenvalue weighted by Crippen LogP contribution is 2.32. The van der Waals surface area contributed by atoms with Crippen molar-refractivity contribution in [2.75, 3.05) is 29.6 Å². The molecule has 0 spiro atoms. The predicted octanol–water partition coefficient (Wildman–Crippen LogP) is 1.88. The Morgan fingerprint density at radius 1 is 1.00 bits per heavy atom. The van der Waals surface area contributed by atoms with Gasteiger partial charge in [0.1, 0.15) is 22.4 Å². The molecule has 1 amide bonds. The quantitative estimate of drug-likeness (QED) is 0.302. The van der Waals surface area contributed by atoms with Crippen LogP contribution < -0.4 is 20.3 Å². The number of rotatable bonds is 8. The van der Waals surface area contributed by atoms with E-state index >= 15 is 0 Å². The molecule has 1 aliphatic carbocycles. The van der Waals surface area contributed by atoms with E-state index in [1.54, 1.807) is 28.7 Å². The van der Waals surface area contributed by atoms with Crippen LogP contribution in [0.3, 0.4) is 0 Å². The molecule has 12 nitrogen and oxygen atoms in total. The number of hydrogen-bond acceptors (Lipinski definition) is 8. The number of aromatic nitrogens is 5. The molecule has 0 radical (unpaired) electrons. The molecule has 1 saturated carbocycles. The first kappa shape index (κ1) is 25.7. The van der Waals surface area contributed by atoms with Crippen molar-refractivity contribution < 1.29 is 13.2 Å². The maximum absolute atomic E-state index is 13.5. The van der Waals surface area contributed by atoms with Crippen molar-refractivity contribution in [3.05, 3.63) is 41.7 Å². The SMILES string of the molecule is Cn1cc2nc(NC(=O)c3ccc(N4CCC(NC5CC5)CC4)c4cn(C)nc34)cc(CNS(C)(=O)=O)c2n1. The van der Waals surface area contributed by atoms with Crippen LogP contribution in [0.15, 0.2) is 30.6 Å². The molecule has 2 fully saturated rings. The van der Waals surface area contributed by atoms with Crippen LogP contribution in [0, 0.1) is 0 Å². The molecule has 0 atom stereocenters. The number of nitrogens with one attached hydrogen (secondary N) is 3. The Hall–Kier alpha value is -3.55. The summed E-state index contributed by atoms with van der Waals surface area (Å²) in [4.78, 5) is 20.4. The molecule has 4 aromatic rings. The highest BCUT2D eigenvalue weighted by atomic mass is 32.2. The van der Waals surface area contributed by atoms with Crippen LogP contribution in [0.1, 0.15) is 41.6 Å². The summed E-state index contributed by atoms with van der Waals surface area (Å²) in [7, 11) is 0.206. The van der Waals surface area contributed by atoms with E-state index in [9.17, 15) is 13.2 Å². The summed E-state index contributed by atoms with van der Waals surface area (Å²) >= 11 is 0. The number of sulfonamides is 1. The summed E-state index contributed by atoms with van der Waals surface area (Å²) in [5.41, 5.74) is 3.90. The van der Waals surface area contributed by atoms with Gasteiger partial charge in [-0.15, -0.1) is 0 Å². The topological polar surface area (TPSA) is 139 Å². The number of aryl methyl sites for hydroxylation is 2. The standard InChI is InChI=1S/C26H33N9O3S/c1-33-14-20-22(35-10-8-18(9-11-35)28-17-4-5-17)7-6-19(25(20)32-33)26(36)30-23-12-16(13-27-39(3,37)38)24-21(29-23)15-34(2)31-24/h6-7,12,14-15,17-18,27-28H,4-5,8-11,13H2,1-3H3,(H,29,30,36). The van der Waals surface area contributed by atoms with Crippen molar-refractivity contribution in [2.24, 2.45) is 14.1 Å². The summed E-state index contributed by atoms with van der Waals surface area (Å²) in [6, 6.07) is 6.76. The molecule has 39 heavy (non-hydrogen) atoms. The molecule has 1 saturated heterocycles. The fourth-order valence-electron chi connectivity index (χ4n) is 5.31. The second kappa shape index (κ2) is 9.88. The van der Waals surface area contributed by atoms with Gasteiger partial charge in [-0.25, -0.2) is 18.1 Å². The lowest BCUT2D eigenvalue weighted by Gasteiger charge is -2.34. The average molecular weight is 552 g/mol. The number of benzene rings is 1. The molecule has 4 heterocycles. The van der Waals surface area contributed by atoms with Gasteiger partial charge in [-0.2, -0.15) is 10.2 Å². The van der Waals surface area contributed by atoms with Crippen molar-refractivity contribution in [1.82, 2.24) is 34.6 Å². The second-order valence-corrected chi connectivity index (χ2v) is 12.5. The largest absolute Gasteiger partial charge is 0.371 e. The molecule has 3 aromatic heterocycles. The van der Waals surface area contributed by atoms with Gasteiger partial charge in [0.2, 0.25) is 10.0 Å². The maximum Gasteiger partial charge on any atom is 0.259 e. The molecular formula is C26H33N9O3S. The second-order valence-electron chi connectivity index (χ2n) is 10.7. The highest BCUT2D eigenvalue weighted by molar-refractivity contribution is 7.88. The van der Waals surface area contributed by atoms with Crippen LogP contribution in [-0.2, 0) is 30.7 Å². The number of pyridine rings is 1. The van der Waals surface area contributed by atoms with Gasteiger partial charge in [-0.05, 0) is 43.9 Å². The van der Waals surface area contributed by atoms with E-state index in [2.05, 4.69) is 35.4 Å². The molecule has 0 bridgehead atoms. The smallest absolute Gasteiger partial charge is 0.259 e. The zero-order valence-corrected chi connectivity index (χ0v) is 23.1. The normalized spacial score (nSPS) is 16.8. The van der Waals surface area contributed by atoms with Gasteiger partial charge in [0.15, 0.2) is 0 Å². The Labute approximate surface area is 226 Å². The Kier molecular flexibility index (Phi) is 6.52. The lowest BCUT2D eigenvalue weighted by Crippen LogP contribution is -2.43. The van der Waals surface area contributed by atoms with Gasteiger partial charge in [-0.1, -0.05) is 0 Å². The Morgan fingerprint density at radius 3 is 2.41 bits per heavy atom. The van der Waals surface area contributed by atoms with Gasteiger partial charge >= 0.3 is 0 Å². The van der Waals surface area contributed by atoms with Gasteiger partial charge in [-0.3, -0.25) is 14.2 Å². The number of carbonyl (C=O) groups is 1. The number of hydrogen-bond donors (Lipinski definition) is 3. The molecule has 1 aromatic carbocycles. The lowest BCUT2D eigenvalue weighted by atomic mass is 10.0. The highest BCUT2D eigenvalue weighted by Gasteiger charge is 2.28. The molecule has 3 N–H and O–H groups in total. The molecule has 206 valence electrons. The van der Waals surface area contributed by atoms with Crippen LogP contribution in [-0.4, -0.2) is 70.3 Å². The minimum atomic E-state index is -3.41. The van der Waals surface area contributed by atoms with Crippen LogP contribution >= 0.6 is 0 Å². The van der Waals surface area contributed by atoms with Crippen LogP contribution in [0.4, 0.5) is 11.5 Å². The van der Waals surface area contributed by atoms with Crippen molar-refractivity contribution in [1.29, 1.82) is 0 Å². The third kappa shape index (κ3) is 5.60. The molecule has 0 unspecified atom stereocenters. The average Bonchev–Trinajstić information content (AvgIpc) is 3.47. The van der Waals surface area contributed by atoms with E-state index in [1.807, 2.05) is 25.4 Å². The predicted molar refractivity (Wildman–Crippen MR) is 150 cm³/mol. The molecule has 1 aliphatic heterocycles. The number of amides is 1. The van der Waals surface area contributed by atoms with Gasteiger partial charge in [0.05, 0.1) is 18.0 Å². The molecule has 2 aliphatic rings. The first-order valence-electron chi connectivity index (χ1n) is 13.2. The fourth-order valence-corrected chi connectivity index (χ4v) is 5.73. The van der Waals surface area contributed by atoms with Crippen LogP contribution in [0.25, 0.3) is 21.9 Å². The van der Waals surface area contributed by atoms with E-state index in [-0.39, 0.29) is 12.5 Å². The maximum atomic E-state index is 13.5. The monoisotopic (exact) mass is 551 g/mol. The van der Waals surface area contributed by atoms with Crippen LogP contribution in [0.2, 0.25) is 0 Å². The third-order valence-electron chi connectivity index (χ3n) is 7.33. The zero-order chi connectivity index (χ0) is 27.3. The first-order valence-corrected chi connectivity index (χ1v) is 15.1. The minimum absolute atomic E-state index is 0.0315. The fraction of sp³-hybridized carbons (Fsp3) is 0.462. The van der Waals surface area contributed by atoms with Gasteiger partial charge in [0, 0.05) is 68.6 Å². The molecule has 6 rings (SSSR count). The van der Waals surface area contributed by atoms with Crippen molar-refractivity contribution in [3.8, 4) is 0 Å². The zero-order valence-electron chi connectivity index (χ0n) is 22.3. The summed E-state index contributed by atoms with van der Waals surface area (Å²) in [5, 5.41) is 16.6. The summed E-state index contributed by atoms with van der Waals surface area (Å²) in [6.45, 7) is 1.95. The van der Waals surface area contributed by atoms with E-state index in [1.165, 1.54) is 12.8 Å². The molecular weight excluding hydrogens is 518 g/mol. The van der Waals surface area contributed by atoms with E-state index < -0.39 is 10.0 Å². The summed E-state index contributed by atoms with van der Waals surface area (Å²) in [5.74, 6) is -0.0282. The van der Waals surface area contributed by atoms with Crippen molar-refractivity contribution >= 4 is 49.4 Å². The number of nitrogens with zero attached hydrogens (tertiary/aromatic N) is 6. The summed E-state index contributed by atoms with van der Waals surface area (Å²) in [6.07, 6.45) is 9.57. The first-order chi connectivity index (χ1) is 18.6. The van der Waals surface area contributed by atoms with Crippen molar-refractivity contribution in [3.63, 3.8) is 0 Å². The minimum Gasteiger partial charge on any atom is -0.371 e. The number of piperidine rings is 1. The Morgan fingerprint density at radius 2 is 1.69 bits per heavy atom. The lowest BCUT2D eigenvalue weighted by molar-refractivity contribution is 0.102. The van der Waals surface area contributed by atoms with E-state index in [4.69, 9.17) is 0 Å². The summed E-state index contributed by atoms with van der Waals surface area (Å²) < 4.78 is 29.2. The van der Waals surface area contributed by atoms with E-state index in [0.29, 0.717) is 45.6 Å². The van der Waals surface area contributed by atoms with Crippen molar-refractivity contribution in [2.45, 2.75) is 44.3 Å². The Balaban J connectivity index is 1.26. The van der Waals surface area contributed by atoms with Gasteiger partial charge < -0.3 is 15.5 Å². The molecule has 13 heteroatoms. The number of carbonyl (C=O) groups excluding carboxylic acids is 1.